The third-order valence-electron chi connectivity index (χ3n) is 4.77. The Labute approximate surface area is 211 Å². The highest BCUT2D eigenvalue weighted by Crippen LogP contribution is 2.29. The van der Waals surface area contributed by atoms with Gasteiger partial charge in [0, 0.05) is 16.3 Å². The molecule has 0 aliphatic heterocycles. The van der Waals surface area contributed by atoms with Crippen LogP contribution < -0.4 is 10.2 Å². The Hall–Kier alpha value is -3.82. The van der Waals surface area contributed by atoms with Gasteiger partial charge in [-0.3, -0.25) is 9.36 Å². The van der Waals surface area contributed by atoms with Crippen molar-refractivity contribution in [3.05, 3.63) is 83.4 Å². The van der Waals surface area contributed by atoms with Gasteiger partial charge in [0.25, 0.3) is 5.91 Å². The maximum atomic E-state index is 12.4. The predicted octanol–water partition coefficient (Wildman–Crippen LogP) is 4.93. The van der Waals surface area contributed by atoms with E-state index < -0.39 is 0 Å². The number of nitrogens with zero attached hydrogens (tertiary/aromatic N) is 4. The first kappa shape index (κ1) is 24.3. The SMILES string of the molecule is CCOc1cc(C=NNC(=O)CSc2nnc(-c3ccc(Cl)cc3)n2-c2ccccc2)ccc1O. The van der Waals surface area contributed by atoms with Crippen LogP contribution in [0.5, 0.6) is 11.5 Å². The molecule has 0 saturated carbocycles. The van der Waals surface area contributed by atoms with Crippen LogP contribution in [0.25, 0.3) is 17.1 Å². The Kier molecular flexibility index (Phi) is 8.02. The molecule has 178 valence electrons. The van der Waals surface area contributed by atoms with Crippen LogP contribution in [0.3, 0.4) is 0 Å². The number of benzene rings is 3. The number of halogens is 1. The Bertz CT molecular complexity index is 1330. The first-order valence-corrected chi connectivity index (χ1v) is 12.1. The third kappa shape index (κ3) is 6.20. The molecule has 0 bridgehead atoms. The summed E-state index contributed by atoms with van der Waals surface area (Å²) < 4.78 is 7.25. The summed E-state index contributed by atoms with van der Waals surface area (Å²) in [6.45, 7) is 2.25. The monoisotopic (exact) mass is 507 g/mol. The van der Waals surface area contributed by atoms with E-state index in [1.165, 1.54) is 24.0 Å². The van der Waals surface area contributed by atoms with E-state index in [1.54, 1.807) is 24.3 Å². The van der Waals surface area contributed by atoms with Crippen LogP contribution in [0.1, 0.15) is 12.5 Å². The minimum atomic E-state index is -0.300. The molecule has 1 amide bonds. The predicted molar refractivity (Wildman–Crippen MR) is 138 cm³/mol. The lowest BCUT2D eigenvalue weighted by Crippen LogP contribution is -2.20. The summed E-state index contributed by atoms with van der Waals surface area (Å²) in [6.07, 6.45) is 1.48. The molecule has 35 heavy (non-hydrogen) atoms. The summed E-state index contributed by atoms with van der Waals surface area (Å²) in [5, 5.41) is 23.7. The van der Waals surface area contributed by atoms with Gasteiger partial charge in [0.1, 0.15) is 0 Å². The number of aromatic nitrogens is 3. The minimum Gasteiger partial charge on any atom is -0.504 e. The standard InChI is InChI=1S/C25H22ClN5O3S/c1-2-34-22-14-17(8-13-21(22)32)15-27-28-23(33)16-35-25-30-29-24(18-9-11-19(26)12-10-18)31(25)20-6-4-3-5-7-20/h3-15,32H,2,16H2,1H3,(H,28,33). The number of amides is 1. The fourth-order valence-corrected chi connectivity index (χ4v) is 4.05. The zero-order valence-corrected chi connectivity index (χ0v) is 20.3. The molecule has 0 aliphatic carbocycles. The maximum absolute atomic E-state index is 12.4. The summed E-state index contributed by atoms with van der Waals surface area (Å²) in [6, 6.07) is 21.9. The van der Waals surface area contributed by atoms with Crippen LogP contribution in [-0.4, -0.2) is 44.4 Å². The molecule has 8 nitrogen and oxygen atoms in total. The van der Waals surface area contributed by atoms with Gasteiger partial charge in [-0.1, -0.05) is 41.6 Å². The van der Waals surface area contributed by atoms with Gasteiger partial charge in [-0.05, 0) is 67.1 Å². The van der Waals surface area contributed by atoms with Gasteiger partial charge in [-0.15, -0.1) is 10.2 Å². The normalized spacial score (nSPS) is 11.0. The van der Waals surface area contributed by atoms with E-state index in [0.717, 1.165) is 11.3 Å². The van der Waals surface area contributed by atoms with Crippen LogP contribution in [0.4, 0.5) is 0 Å². The van der Waals surface area contributed by atoms with Gasteiger partial charge in [0.05, 0.1) is 18.6 Å². The second-order valence-electron chi connectivity index (χ2n) is 7.23. The van der Waals surface area contributed by atoms with Crippen LogP contribution in [0, 0.1) is 0 Å². The molecule has 0 fully saturated rings. The van der Waals surface area contributed by atoms with Gasteiger partial charge in [0.15, 0.2) is 22.5 Å². The van der Waals surface area contributed by atoms with E-state index in [9.17, 15) is 9.90 Å². The Morgan fingerprint density at radius 2 is 1.91 bits per heavy atom. The van der Waals surface area contributed by atoms with Gasteiger partial charge >= 0.3 is 0 Å². The van der Waals surface area contributed by atoms with E-state index in [1.807, 2.05) is 54.0 Å². The summed E-state index contributed by atoms with van der Waals surface area (Å²) in [7, 11) is 0. The number of hydrogen-bond acceptors (Lipinski definition) is 7. The zero-order chi connectivity index (χ0) is 24.6. The van der Waals surface area contributed by atoms with Crippen molar-refractivity contribution in [1.82, 2.24) is 20.2 Å². The van der Waals surface area contributed by atoms with E-state index >= 15 is 0 Å². The lowest BCUT2D eigenvalue weighted by molar-refractivity contribution is -0.118. The number of carbonyl (C=O) groups excluding carboxylic acids is 1. The van der Waals surface area contributed by atoms with E-state index in [-0.39, 0.29) is 17.4 Å². The average Bonchev–Trinajstić information content (AvgIpc) is 3.30. The molecule has 3 aromatic carbocycles. The molecular formula is C25H22ClN5O3S. The lowest BCUT2D eigenvalue weighted by Gasteiger charge is -2.10. The number of phenolic OH excluding ortho intramolecular Hbond substituents is 1. The summed E-state index contributed by atoms with van der Waals surface area (Å²) in [4.78, 5) is 12.4. The fraction of sp³-hybridized carbons (Fsp3) is 0.120. The highest BCUT2D eigenvalue weighted by molar-refractivity contribution is 7.99. The molecule has 0 unspecified atom stereocenters. The number of aromatic hydroxyl groups is 1. The lowest BCUT2D eigenvalue weighted by atomic mass is 10.2. The number of phenols is 1. The largest absolute Gasteiger partial charge is 0.504 e. The van der Waals surface area contributed by atoms with E-state index in [4.69, 9.17) is 16.3 Å². The van der Waals surface area contributed by atoms with Crippen molar-refractivity contribution in [2.45, 2.75) is 12.1 Å². The number of hydrazone groups is 1. The number of nitrogens with one attached hydrogen (secondary N) is 1. The molecule has 1 aromatic heterocycles. The first-order chi connectivity index (χ1) is 17.0. The highest BCUT2D eigenvalue weighted by Gasteiger charge is 2.17. The van der Waals surface area contributed by atoms with Crippen molar-refractivity contribution in [2.75, 3.05) is 12.4 Å². The molecular weight excluding hydrogens is 486 g/mol. The van der Waals surface area contributed by atoms with Crippen LogP contribution in [0.2, 0.25) is 5.02 Å². The Morgan fingerprint density at radius 3 is 2.66 bits per heavy atom. The van der Waals surface area contributed by atoms with E-state index in [0.29, 0.717) is 33.9 Å². The second kappa shape index (κ2) is 11.5. The Morgan fingerprint density at radius 1 is 1.14 bits per heavy atom. The van der Waals surface area contributed by atoms with Gasteiger partial charge < -0.3 is 9.84 Å². The fourth-order valence-electron chi connectivity index (χ4n) is 3.18. The van der Waals surface area contributed by atoms with Crippen molar-refractivity contribution in [3.63, 3.8) is 0 Å². The molecule has 0 atom stereocenters. The molecule has 0 spiro atoms. The van der Waals surface area contributed by atoms with Crippen molar-refractivity contribution in [3.8, 4) is 28.6 Å². The second-order valence-corrected chi connectivity index (χ2v) is 8.60. The van der Waals surface area contributed by atoms with Gasteiger partial charge in [-0.25, -0.2) is 5.43 Å². The smallest absolute Gasteiger partial charge is 0.250 e. The molecule has 0 saturated heterocycles. The molecule has 4 rings (SSSR count). The van der Waals surface area contributed by atoms with Crippen molar-refractivity contribution < 1.29 is 14.6 Å². The van der Waals surface area contributed by atoms with Crippen molar-refractivity contribution in [1.29, 1.82) is 0 Å². The number of ether oxygens (including phenoxy) is 1. The van der Waals surface area contributed by atoms with E-state index in [2.05, 4.69) is 20.7 Å². The van der Waals surface area contributed by atoms with Crippen LogP contribution in [-0.2, 0) is 4.79 Å². The Balaban J connectivity index is 1.46. The molecule has 2 N–H and O–H groups in total. The van der Waals surface area contributed by atoms with Crippen LogP contribution >= 0.6 is 23.4 Å². The van der Waals surface area contributed by atoms with Crippen molar-refractivity contribution in [2.24, 2.45) is 5.10 Å². The van der Waals surface area contributed by atoms with Gasteiger partial charge in [-0.2, -0.15) is 5.10 Å². The number of carbonyl (C=O) groups is 1. The van der Waals surface area contributed by atoms with Crippen LogP contribution in [0.15, 0.2) is 83.1 Å². The zero-order valence-electron chi connectivity index (χ0n) is 18.8. The topological polar surface area (TPSA) is 102 Å². The molecule has 0 radical (unpaired) electrons. The number of rotatable bonds is 9. The number of para-hydroxylation sites is 1. The quantitative estimate of drug-likeness (QED) is 0.189. The first-order valence-electron chi connectivity index (χ1n) is 10.7. The highest BCUT2D eigenvalue weighted by atomic mass is 35.5. The minimum absolute atomic E-state index is 0.0462. The summed E-state index contributed by atoms with van der Waals surface area (Å²) in [5.74, 6) is 0.833. The van der Waals surface area contributed by atoms with Gasteiger partial charge in [0.2, 0.25) is 0 Å². The summed E-state index contributed by atoms with van der Waals surface area (Å²) >= 11 is 7.29. The van der Waals surface area contributed by atoms with Crippen molar-refractivity contribution >= 4 is 35.5 Å². The third-order valence-corrected chi connectivity index (χ3v) is 5.95. The number of hydrogen-bond donors (Lipinski definition) is 2. The molecule has 0 aliphatic rings. The average molecular weight is 508 g/mol. The molecule has 1 heterocycles. The number of thioether (sulfide) groups is 1. The maximum Gasteiger partial charge on any atom is 0.250 e. The summed E-state index contributed by atoms with van der Waals surface area (Å²) in [5.41, 5.74) is 4.91. The molecule has 10 heteroatoms. The molecule has 4 aromatic rings.